The number of rotatable bonds is 2. The van der Waals surface area contributed by atoms with Crippen molar-refractivity contribution in [2.45, 2.75) is 12.8 Å². The molecule has 2 aliphatic rings. The second-order valence-electron chi connectivity index (χ2n) is 5.55. The Kier molecular flexibility index (Phi) is 4.94. The van der Waals surface area contributed by atoms with Crippen molar-refractivity contribution in [1.82, 2.24) is 5.32 Å². The van der Waals surface area contributed by atoms with Crippen LogP contribution in [0.3, 0.4) is 0 Å². The first-order valence-electron chi connectivity index (χ1n) is 7.10. The molecule has 1 aromatic carbocycles. The molecule has 0 amide bonds. The monoisotopic (exact) mass is 281 g/mol. The number of piperidine rings is 1. The van der Waals surface area contributed by atoms with Gasteiger partial charge in [0, 0.05) is 26.7 Å². The van der Waals surface area contributed by atoms with Crippen molar-refractivity contribution in [2.24, 2.45) is 5.92 Å². The van der Waals surface area contributed by atoms with Crippen LogP contribution in [-0.2, 0) is 0 Å². The van der Waals surface area contributed by atoms with Gasteiger partial charge in [-0.2, -0.15) is 0 Å². The first-order chi connectivity index (χ1) is 8.84. The third kappa shape index (κ3) is 3.15. The molecule has 1 aromatic rings. The largest absolute Gasteiger partial charge is 0.371 e. The Balaban J connectivity index is 0.00000133. The van der Waals surface area contributed by atoms with Crippen LogP contribution in [0.5, 0.6) is 0 Å². The second kappa shape index (κ2) is 6.49. The highest BCUT2D eigenvalue weighted by Crippen LogP contribution is 2.32. The summed E-state index contributed by atoms with van der Waals surface area (Å²) in [5, 5.41) is 3.45. The maximum atomic E-state index is 3.45. The van der Waals surface area contributed by atoms with E-state index in [0.717, 1.165) is 19.0 Å². The molecule has 0 bridgehead atoms. The molecule has 0 atom stereocenters. The van der Waals surface area contributed by atoms with Crippen LogP contribution in [0.25, 0.3) is 0 Å². The average molecular weight is 282 g/mol. The molecular weight excluding hydrogens is 258 g/mol. The lowest BCUT2D eigenvalue weighted by Crippen LogP contribution is -2.43. The zero-order valence-electron chi connectivity index (χ0n) is 11.6. The van der Waals surface area contributed by atoms with Crippen molar-refractivity contribution in [3.05, 3.63) is 24.3 Å². The number of fused-ring (bicyclic) bond motifs is 1. The van der Waals surface area contributed by atoms with E-state index in [9.17, 15) is 0 Å². The highest BCUT2D eigenvalue weighted by Gasteiger charge is 2.23. The van der Waals surface area contributed by atoms with Crippen LogP contribution in [0.2, 0.25) is 0 Å². The quantitative estimate of drug-likeness (QED) is 0.898. The smallest absolute Gasteiger partial charge is 0.0604 e. The highest BCUT2D eigenvalue weighted by molar-refractivity contribution is 5.85. The van der Waals surface area contributed by atoms with E-state index >= 15 is 0 Å². The van der Waals surface area contributed by atoms with Gasteiger partial charge in [-0.05, 0) is 44.0 Å². The molecule has 2 heterocycles. The Morgan fingerprint density at radius 3 is 2.53 bits per heavy atom. The Morgan fingerprint density at radius 2 is 1.79 bits per heavy atom. The third-order valence-electron chi connectivity index (χ3n) is 4.28. The van der Waals surface area contributed by atoms with Gasteiger partial charge in [0.25, 0.3) is 0 Å². The predicted octanol–water partition coefficient (Wildman–Crippen LogP) is 2.36. The highest BCUT2D eigenvalue weighted by atomic mass is 35.5. The van der Waals surface area contributed by atoms with Crippen LogP contribution >= 0.6 is 12.4 Å². The lowest BCUT2D eigenvalue weighted by atomic mass is 9.97. The molecule has 0 aliphatic carbocycles. The van der Waals surface area contributed by atoms with E-state index in [-0.39, 0.29) is 12.4 Å². The van der Waals surface area contributed by atoms with Gasteiger partial charge < -0.3 is 15.1 Å². The molecule has 1 N–H and O–H groups in total. The minimum absolute atomic E-state index is 0. The minimum Gasteiger partial charge on any atom is -0.371 e. The summed E-state index contributed by atoms with van der Waals surface area (Å²) in [5.74, 6) is 0.864. The van der Waals surface area contributed by atoms with Crippen LogP contribution < -0.4 is 15.1 Å². The fourth-order valence-electron chi connectivity index (χ4n) is 3.13. The first-order valence-corrected chi connectivity index (χ1v) is 7.10. The summed E-state index contributed by atoms with van der Waals surface area (Å²) in [6, 6.07) is 8.81. The molecule has 4 heteroatoms. The molecule has 0 aromatic heterocycles. The van der Waals surface area contributed by atoms with Crippen molar-refractivity contribution < 1.29 is 0 Å². The molecule has 19 heavy (non-hydrogen) atoms. The number of nitrogens with zero attached hydrogens (tertiary/aromatic N) is 2. The van der Waals surface area contributed by atoms with Crippen LogP contribution in [-0.4, -0.2) is 39.8 Å². The summed E-state index contributed by atoms with van der Waals surface area (Å²) in [6.45, 7) is 5.92. The lowest BCUT2D eigenvalue weighted by Gasteiger charge is -2.39. The zero-order valence-corrected chi connectivity index (χ0v) is 12.5. The molecule has 3 rings (SSSR count). The van der Waals surface area contributed by atoms with E-state index < -0.39 is 0 Å². The number of nitrogens with one attached hydrogen (secondary N) is 1. The molecule has 3 nitrogen and oxygen atoms in total. The Morgan fingerprint density at radius 1 is 1.11 bits per heavy atom. The van der Waals surface area contributed by atoms with Gasteiger partial charge in [-0.1, -0.05) is 12.1 Å². The Hall–Kier alpha value is -0.930. The van der Waals surface area contributed by atoms with Gasteiger partial charge in [0.1, 0.15) is 0 Å². The summed E-state index contributed by atoms with van der Waals surface area (Å²) in [4.78, 5) is 4.96. The maximum Gasteiger partial charge on any atom is 0.0604 e. The van der Waals surface area contributed by atoms with Gasteiger partial charge in [-0.3, -0.25) is 0 Å². The van der Waals surface area contributed by atoms with Crippen molar-refractivity contribution in [3.63, 3.8) is 0 Å². The van der Waals surface area contributed by atoms with E-state index in [4.69, 9.17) is 0 Å². The van der Waals surface area contributed by atoms with Gasteiger partial charge in [0.15, 0.2) is 0 Å². The number of hydrogen-bond acceptors (Lipinski definition) is 3. The number of halogens is 1. The second-order valence-corrected chi connectivity index (χ2v) is 5.55. The van der Waals surface area contributed by atoms with E-state index in [1.807, 2.05) is 0 Å². The normalized spacial score (nSPS) is 19.8. The topological polar surface area (TPSA) is 18.5 Å². The van der Waals surface area contributed by atoms with Crippen molar-refractivity contribution in [3.8, 4) is 0 Å². The average Bonchev–Trinajstić information content (AvgIpc) is 2.44. The summed E-state index contributed by atoms with van der Waals surface area (Å²) in [7, 11) is 2.20. The number of likely N-dealkylation sites (N-methyl/N-ethyl adjacent to an activating group) is 1. The van der Waals surface area contributed by atoms with Crippen LogP contribution in [0.4, 0.5) is 11.4 Å². The SMILES string of the molecule is CN1CCN(CC2CCNCC2)c2ccccc21.Cl. The van der Waals surface area contributed by atoms with Crippen LogP contribution in [0, 0.1) is 5.92 Å². The summed E-state index contributed by atoms with van der Waals surface area (Å²) in [5.41, 5.74) is 2.81. The summed E-state index contributed by atoms with van der Waals surface area (Å²) >= 11 is 0. The standard InChI is InChI=1S/C15H23N3.ClH/c1-17-10-11-18(12-13-6-8-16-9-7-13)15-5-3-2-4-14(15)17;/h2-5,13,16H,6-12H2,1H3;1H. The number of benzene rings is 1. The van der Waals surface area contributed by atoms with Gasteiger partial charge in [0.2, 0.25) is 0 Å². The molecule has 106 valence electrons. The predicted molar refractivity (Wildman–Crippen MR) is 84.8 cm³/mol. The molecule has 1 saturated heterocycles. The van der Waals surface area contributed by atoms with Crippen molar-refractivity contribution in [2.75, 3.05) is 49.6 Å². The maximum absolute atomic E-state index is 3.45. The van der Waals surface area contributed by atoms with Crippen LogP contribution in [0.15, 0.2) is 24.3 Å². The fraction of sp³-hybridized carbons (Fsp3) is 0.600. The van der Waals surface area contributed by atoms with Crippen molar-refractivity contribution in [1.29, 1.82) is 0 Å². The molecule has 0 spiro atoms. The van der Waals surface area contributed by atoms with E-state index in [1.165, 1.54) is 43.9 Å². The first kappa shape index (κ1) is 14.5. The van der Waals surface area contributed by atoms with E-state index in [2.05, 4.69) is 46.4 Å². The summed E-state index contributed by atoms with van der Waals surface area (Å²) < 4.78 is 0. The van der Waals surface area contributed by atoms with E-state index in [0.29, 0.717) is 0 Å². The van der Waals surface area contributed by atoms with E-state index in [1.54, 1.807) is 0 Å². The molecule has 2 aliphatic heterocycles. The van der Waals surface area contributed by atoms with Crippen molar-refractivity contribution >= 4 is 23.8 Å². The molecule has 0 saturated carbocycles. The number of para-hydroxylation sites is 2. The molecule has 0 unspecified atom stereocenters. The van der Waals surface area contributed by atoms with Gasteiger partial charge in [0.05, 0.1) is 11.4 Å². The number of anilines is 2. The Labute approximate surface area is 122 Å². The lowest BCUT2D eigenvalue weighted by molar-refractivity contribution is 0.373. The minimum atomic E-state index is 0. The van der Waals surface area contributed by atoms with Crippen LogP contribution in [0.1, 0.15) is 12.8 Å². The zero-order chi connectivity index (χ0) is 12.4. The fourth-order valence-corrected chi connectivity index (χ4v) is 3.13. The molecular formula is C15H24ClN3. The number of hydrogen-bond donors (Lipinski definition) is 1. The van der Waals surface area contributed by atoms with Gasteiger partial charge in [-0.15, -0.1) is 12.4 Å². The van der Waals surface area contributed by atoms with Gasteiger partial charge >= 0.3 is 0 Å². The molecule has 0 radical (unpaired) electrons. The summed E-state index contributed by atoms with van der Waals surface area (Å²) in [6.07, 6.45) is 2.66. The Bertz CT molecular complexity index is 404. The molecule has 1 fully saturated rings. The third-order valence-corrected chi connectivity index (χ3v) is 4.28. The van der Waals surface area contributed by atoms with Gasteiger partial charge in [-0.25, -0.2) is 0 Å².